The van der Waals surface area contributed by atoms with Gasteiger partial charge in [-0.1, -0.05) is 13.0 Å². The van der Waals surface area contributed by atoms with Gasteiger partial charge in [-0.15, -0.1) is 0 Å². The molecule has 0 aromatic heterocycles. The molecule has 1 N–H and O–H groups in total. The highest BCUT2D eigenvalue weighted by Gasteiger charge is 2.08. The average Bonchev–Trinajstić information content (AvgIpc) is 2.43. The lowest BCUT2D eigenvalue weighted by Crippen LogP contribution is -2.12. The first-order valence-corrected chi connectivity index (χ1v) is 6.48. The molecule has 0 unspecified atom stereocenters. The summed E-state index contributed by atoms with van der Waals surface area (Å²) in [5.74, 6) is -0.403. The molecule has 20 heavy (non-hydrogen) atoms. The van der Waals surface area contributed by atoms with Gasteiger partial charge in [-0.25, -0.2) is 8.78 Å². The number of hydrogen-bond acceptors (Lipinski definition) is 2. The van der Waals surface area contributed by atoms with Gasteiger partial charge in [-0.05, 0) is 41.9 Å². The summed E-state index contributed by atoms with van der Waals surface area (Å²) >= 11 is 0. The summed E-state index contributed by atoms with van der Waals surface area (Å²) in [6.07, 6.45) is 0. The van der Waals surface area contributed by atoms with Gasteiger partial charge < -0.3 is 10.1 Å². The number of benzene rings is 2. The second-order valence-electron chi connectivity index (χ2n) is 4.47. The van der Waals surface area contributed by atoms with Crippen LogP contribution in [0.3, 0.4) is 0 Å². The highest BCUT2D eigenvalue weighted by Crippen LogP contribution is 2.27. The largest absolute Gasteiger partial charge is 0.496 e. The van der Waals surface area contributed by atoms with Gasteiger partial charge in [0.2, 0.25) is 0 Å². The summed E-state index contributed by atoms with van der Waals surface area (Å²) < 4.78 is 31.9. The van der Waals surface area contributed by atoms with Crippen molar-refractivity contribution in [3.63, 3.8) is 0 Å². The number of rotatable bonds is 5. The SMILES string of the molecule is CCNCc1cc(-c2cc(F)cc(F)c2)ccc1OC. The Morgan fingerprint density at radius 1 is 1.00 bits per heavy atom. The van der Waals surface area contributed by atoms with Gasteiger partial charge in [0.15, 0.2) is 0 Å². The topological polar surface area (TPSA) is 21.3 Å². The quantitative estimate of drug-likeness (QED) is 0.898. The van der Waals surface area contributed by atoms with Crippen LogP contribution in [0.25, 0.3) is 11.1 Å². The molecular formula is C16H17F2NO. The summed E-state index contributed by atoms with van der Waals surface area (Å²) in [5, 5.41) is 3.21. The molecule has 0 heterocycles. The third-order valence-corrected chi connectivity index (χ3v) is 3.04. The highest BCUT2D eigenvalue weighted by atomic mass is 19.1. The van der Waals surface area contributed by atoms with Crippen molar-refractivity contribution in [2.75, 3.05) is 13.7 Å². The first kappa shape index (κ1) is 14.5. The van der Waals surface area contributed by atoms with Gasteiger partial charge in [0, 0.05) is 18.2 Å². The first-order chi connectivity index (χ1) is 9.63. The predicted molar refractivity (Wildman–Crippen MR) is 75.7 cm³/mol. The van der Waals surface area contributed by atoms with Crippen LogP contribution in [0.2, 0.25) is 0 Å². The Hall–Kier alpha value is -1.94. The van der Waals surface area contributed by atoms with Crippen molar-refractivity contribution in [2.45, 2.75) is 13.5 Å². The third kappa shape index (κ3) is 3.33. The minimum atomic E-state index is -0.580. The second kappa shape index (κ2) is 6.48. The fourth-order valence-electron chi connectivity index (χ4n) is 2.08. The van der Waals surface area contributed by atoms with Gasteiger partial charge in [0.25, 0.3) is 0 Å². The van der Waals surface area contributed by atoms with E-state index in [-0.39, 0.29) is 0 Å². The Balaban J connectivity index is 2.41. The molecule has 0 radical (unpaired) electrons. The lowest BCUT2D eigenvalue weighted by atomic mass is 10.0. The molecule has 0 spiro atoms. The monoisotopic (exact) mass is 277 g/mol. The van der Waals surface area contributed by atoms with E-state index in [1.807, 2.05) is 19.1 Å². The molecule has 0 aliphatic heterocycles. The zero-order valence-electron chi connectivity index (χ0n) is 11.5. The zero-order chi connectivity index (χ0) is 14.5. The molecular weight excluding hydrogens is 260 g/mol. The summed E-state index contributed by atoms with van der Waals surface area (Å²) in [6, 6.07) is 9.00. The van der Waals surface area contributed by atoms with E-state index in [0.29, 0.717) is 12.1 Å². The minimum Gasteiger partial charge on any atom is -0.496 e. The molecule has 0 fully saturated rings. The van der Waals surface area contributed by atoms with Crippen LogP contribution in [-0.2, 0) is 6.54 Å². The van der Waals surface area contributed by atoms with Crippen LogP contribution in [0.1, 0.15) is 12.5 Å². The zero-order valence-corrected chi connectivity index (χ0v) is 11.5. The number of nitrogens with one attached hydrogen (secondary N) is 1. The molecule has 4 heteroatoms. The van der Waals surface area contributed by atoms with Crippen LogP contribution in [0.15, 0.2) is 36.4 Å². The van der Waals surface area contributed by atoms with E-state index >= 15 is 0 Å². The fourth-order valence-corrected chi connectivity index (χ4v) is 2.08. The van der Waals surface area contributed by atoms with Crippen LogP contribution >= 0.6 is 0 Å². The second-order valence-corrected chi connectivity index (χ2v) is 4.47. The summed E-state index contributed by atoms with van der Waals surface area (Å²) in [7, 11) is 1.60. The highest BCUT2D eigenvalue weighted by molar-refractivity contribution is 5.66. The molecule has 0 amide bonds. The maximum atomic E-state index is 13.3. The van der Waals surface area contributed by atoms with Crippen molar-refractivity contribution in [3.8, 4) is 16.9 Å². The predicted octanol–water partition coefficient (Wildman–Crippen LogP) is 3.75. The van der Waals surface area contributed by atoms with Crippen molar-refractivity contribution < 1.29 is 13.5 Å². The van der Waals surface area contributed by atoms with Crippen LogP contribution < -0.4 is 10.1 Å². The molecule has 2 rings (SSSR count). The molecule has 2 aromatic rings. The number of halogens is 2. The Morgan fingerprint density at radius 3 is 2.30 bits per heavy atom. The van der Waals surface area contributed by atoms with Crippen molar-refractivity contribution in [1.29, 1.82) is 0 Å². The number of hydrogen-bond donors (Lipinski definition) is 1. The van der Waals surface area contributed by atoms with E-state index in [1.165, 1.54) is 12.1 Å². The molecule has 0 saturated heterocycles. The number of ether oxygens (including phenoxy) is 1. The molecule has 2 aromatic carbocycles. The van der Waals surface area contributed by atoms with E-state index in [2.05, 4.69) is 5.32 Å². The summed E-state index contributed by atoms with van der Waals surface area (Å²) in [4.78, 5) is 0. The van der Waals surface area contributed by atoms with Gasteiger partial charge >= 0.3 is 0 Å². The Labute approximate surface area is 117 Å². The van der Waals surface area contributed by atoms with Crippen molar-refractivity contribution >= 4 is 0 Å². The molecule has 0 aliphatic rings. The molecule has 0 atom stereocenters. The van der Waals surface area contributed by atoms with Crippen LogP contribution in [0, 0.1) is 11.6 Å². The van der Waals surface area contributed by atoms with Gasteiger partial charge in [0.05, 0.1) is 7.11 Å². The third-order valence-electron chi connectivity index (χ3n) is 3.04. The van der Waals surface area contributed by atoms with Crippen LogP contribution in [0.5, 0.6) is 5.75 Å². The summed E-state index contributed by atoms with van der Waals surface area (Å²) in [6.45, 7) is 3.49. The van der Waals surface area contributed by atoms with Crippen molar-refractivity contribution in [3.05, 3.63) is 53.6 Å². The van der Waals surface area contributed by atoms with E-state index in [9.17, 15) is 8.78 Å². The molecule has 2 nitrogen and oxygen atoms in total. The molecule has 0 bridgehead atoms. The van der Waals surface area contributed by atoms with E-state index in [1.54, 1.807) is 13.2 Å². The van der Waals surface area contributed by atoms with Crippen LogP contribution in [0.4, 0.5) is 8.78 Å². The lowest BCUT2D eigenvalue weighted by Gasteiger charge is -2.11. The van der Waals surface area contributed by atoms with E-state index < -0.39 is 11.6 Å². The Kier molecular flexibility index (Phi) is 4.69. The Bertz CT molecular complexity index is 579. The van der Waals surface area contributed by atoms with E-state index in [4.69, 9.17) is 4.74 Å². The number of methoxy groups -OCH3 is 1. The molecule has 106 valence electrons. The minimum absolute atomic E-state index is 0.517. The standard InChI is InChI=1S/C16H17F2NO/c1-3-19-10-13-6-11(4-5-16(13)20-2)12-7-14(17)9-15(18)8-12/h4-9,19H,3,10H2,1-2H3. The van der Waals surface area contributed by atoms with Crippen molar-refractivity contribution in [1.82, 2.24) is 5.32 Å². The average molecular weight is 277 g/mol. The fraction of sp³-hybridized carbons (Fsp3) is 0.250. The van der Waals surface area contributed by atoms with Gasteiger partial charge in [-0.3, -0.25) is 0 Å². The molecule has 0 aliphatic carbocycles. The lowest BCUT2D eigenvalue weighted by molar-refractivity contribution is 0.408. The maximum Gasteiger partial charge on any atom is 0.126 e. The smallest absolute Gasteiger partial charge is 0.126 e. The normalized spacial score (nSPS) is 10.6. The first-order valence-electron chi connectivity index (χ1n) is 6.48. The van der Waals surface area contributed by atoms with E-state index in [0.717, 1.165) is 29.5 Å². The van der Waals surface area contributed by atoms with Crippen LogP contribution in [-0.4, -0.2) is 13.7 Å². The Morgan fingerprint density at radius 2 is 1.70 bits per heavy atom. The summed E-state index contributed by atoms with van der Waals surface area (Å²) in [5.41, 5.74) is 2.23. The molecule has 0 saturated carbocycles. The van der Waals surface area contributed by atoms with Gasteiger partial charge in [0.1, 0.15) is 17.4 Å². The van der Waals surface area contributed by atoms with Gasteiger partial charge in [-0.2, -0.15) is 0 Å². The maximum absolute atomic E-state index is 13.3. The van der Waals surface area contributed by atoms with Crippen molar-refractivity contribution in [2.24, 2.45) is 0 Å².